The van der Waals surface area contributed by atoms with Gasteiger partial charge in [0, 0.05) is 40.6 Å². The zero-order valence-electron chi connectivity index (χ0n) is 36.0. The lowest BCUT2D eigenvalue weighted by molar-refractivity contribution is -0.151. The van der Waals surface area contributed by atoms with Crippen LogP contribution >= 0.6 is 23.4 Å². The van der Waals surface area contributed by atoms with E-state index >= 15 is 0 Å². The van der Waals surface area contributed by atoms with Crippen molar-refractivity contribution in [2.75, 3.05) is 6.61 Å². The number of tetrazole rings is 1. The number of hydrogen-bond acceptors (Lipinski definition) is 11. The minimum Gasteiger partial charge on any atom is -0.483 e. The lowest BCUT2D eigenvalue weighted by atomic mass is 9.98. The molecule has 0 bridgehead atoms. The highest BCUT2D eigenvalue weighted by Gasteiger charge is 2.25. The van der Waals surface area contributed by atoms with E-state index in [0.29, 0.717) is 52.5 Å². The van der Waals surface area contributed by atoms with E-state index in [1.54, 1.807) is 30.0 Å². The number of hydrogen-bond donors (Lipinski definition) is 3. The topological polar surface area (TPSA) is 183 Å². The first-order valence-electron chi connectivity index (χ1n) is 21.3. The number of carbonyl (C=O) groups excluding carboxylic acids is 1. The summed E-state index contributed by atoms with van der Waals surface area (Å²) in [6, 6.07) is 36.7. The molecule has 0 radical (unpaired) electrons. The number of nitrogens with zero attached hydrogens (tertiary/aromatic N) is 6. The van der Waals surface area contributed by atoms with Gasteiger partial charge in [0.25, 0.3) is 0 Å². The third-order valence-corrected chi connectivity index (χ3v) is 11.9. The van der Waals surface area contributed by atoms with E-state index < -0.39 is 24.1 Å². The molecule has 0 aliphatic carbocycles. The van der Waals surface area contributed by atoms with Crippen LogP contribution in [0.15, 0.2) is 120 Å². The number of H-pyrrole nitrogens is 2. The highest BCUT2D eigenvalue weighted by atomic mass is 35.5. The molecule has 8 rings (SSSR count). The summed E-state index contributed by atoms with van der Waals surface area (Å²) in [6.07, 6.45) is 0.321. The standard InChI is InChI=1S/C49H47ClN8O6S/c1-4-9-44-51-42(45(49(61)62-5-2)58(44)27-32-14-18-34(19-15-32)38-12-6-7-13-39(38)47-54-56-57-55-47)29-65-37-22-23-40-41(26-37)53-46(52-40)30(3)64-36-20-16-31(17-21-36)25-43(48(59)60)63-28-33-10-8-11-35(50)24-33/h6-8,10-24,26,30,43H,4-5,9,25,27-29H2,1-3H3,(H,52,53)(H,59,60)(H,54,55,56,57). The number of nitrogens with one attached hydrogen (secondary N) is 2. The van der Waals surface area contributed by atoms with E-state index in [9.17, 15) is 14.7 Å². The number of carboxylic acid groups (broad SMARTS) is 1. The first-order valence-corrected chi connectivity index (χ1v) is 22.7. The number of thioether (sulfide) groups is 1. The van der Waals surface area contributed by atoms with Gasteiger partial charge in [0.2, 0.25) is 5.82 Å². The Morgan fingerprint density at radius 3 is 2.38 bits per heavy atom. The van der Waals surface area contributed by atoms with Crippen LogP contribution in [0.4, 0.5) is 0 Å². The van der Waals surface area contributed by atoms with E-state index in [4.69, 9.17) is 35.8 Å². The van der Waals surface area contributed by atoms with Crippen molar-refractivity contribution in [2.45, 2.75) is 76.0 Å². The largest absolute Gasteiger partial charge is 0.483 e. The van der Waals surface area contributed by atoms with Gasteiger partial charge in [0.1, 0.15) is 17.4 Å². The van der Waals surface area contributed by atoms with Crippen molar-refractivity contribution >= 4 is 46.3 Å². The van der Waals surface area contributed by atoms with Crippen LogP contribution < -0.4 is 4.74 Å². The summed E-state index contributed by atoms with van der Waals surface area (Å²) in [6.45, 7) is 6.66. The molecule has 332 valence electrons. The second-order valence-electron chi connectivity index (χ2n) is 15.3. The van der Waals surface area contributed by atoms with Gasteiger partial charge in [-0.3, -0.25) is 0 Å². The first-order chi connectivity index (χ1) is 31.6. The van der Waals surface area contributed by atoms with Gasteiger partial charge in [-0.1, -0.05) is 91.3 Å². The number of halogens is 1. The molecule has 8 aromatic rings. The average molecular weight is 911 g/mol. The number of aryl methyl sites for hydroxylation is 1. The maximum atomic E-state index is 13.7. The van der Waals surface area contributed by atoms with Crippen LogP contribution in [-0.4, -0.2) is 69.9 Å². The molecule has 3 N–H and O–H groups in total. The third kappa shape index (κ3) is 10.9. The predicted octanol–water partition coefficient (Wildman–Crippen LogP) is 10.1. The van der Waals surface area contributed by atoms with Crippen LogP contribution in [0.5, 0.6) is 5.75 Å². The minimum atomic E-state index is -1.04. The highest BCUT2D eigenvalue weighted by Crippen LogP contribution is 2.32. The number of rotatable bonds is 20. The molecule has 3 aromatic heterocycles. The Morgan fingerprint density at radius 1 is 0.877 bits per heavy atom. The molecule has 2 unspecified atom stereocenters. The fourth-order valence-corrected chi connectivity index (χ4v) is 8.59. The number of ether oxygens (including phenoxy) is 3. The van der Waals surface area contributed by atoms with Gasteiger partial charge in [0.15, 0.2) is 17.9 Å². The number of esters is 1. The molecule has 0 fully saturated rings. The molecule has 0 aliphatic rings. The molecule has 0 aliphatic heterocycles. The SMILES string of the molecule is CCCc1nc(CSc2ccc3nc(C(C)Oc4ccc(CC(OCc5cccc(Cl)c5)C(=O)O)cc4)[nH]c3c2)c(C(=O)OCC)n1Cc1ccc(-c2ccccc2-c2nn[nH]n2)cc1. The Labute approximate surface area is 384 Å². The van der Waals surface area contributed by atoms with E-state index in [0.717, 1.165) is 61.6 Å². The maximum Gasteiger partial charge on any atom is 0.356 e. The Bertz CT molecular complexity index is 2880. The Kier molecular flexibility index (Phi) is 14.3. The van der Waals surface area contributed by atoms with Gasteiger partial charge in [-0.25, -0.2) is 19.6 Å². The summed E-state index contributed by atoms with van der Waals surface area (Å²) in [5.41, 5.74) is 8.25. The van der Waals surface area contributed by atoms with Gasteiger partial charge in [-0.2, -0.15) is 5.21 Å². The average Bonchev–Trinajstić information content (AvgIpc) is 4.08. The number of aromatic amines is 2. The smallest absolute Gasteiger partial charge is 0.356 e. The quantitative estimate of drug-likeness (QED) is 0.0487. The zero-order valence-corrected chi connectivity index (χ0v) is 37.6. The zero-order chi connectivity index (χ0) is 45.3. The lowest BCUT2D eigenvalue weighted by Crippen LogP contribution is -2.26. The first kappa shape index (κ1) is 44.8. The van der Waals surface area contributed by atoms with Crippen molar-refractivity contribution in [1.29, 1.82) is 0 Å². The van der Waals surface area contributed by atoms with E-state index in [1.807, 2.05) is 91.2 Å². The Hall–Kier alpha value is -6.81. The molecule has 3 heterocycles. The van der Waals surface area contributed by atoms with Crippen molar-refractivity contribution in [1.82, 2.24) is 40.1 Å². The molecule has 0 saturated heterocycles. The number of benzene rings is 5. The number of aliphatic carboxylic acids is 1. The van der Waals surface area contributed by atoms with Gasteiger partial charge < -0.3 is 28.9 Å². The third-order valence-electron chi connectivity index (χ3n) is 10.7. The van der Waals surface area contributed by atoms with Crippen LogP contribution in [-0.2, 0) is 46.0 Å². The van der Waals surface area contributed by atoms with Crippen molar-refractivity contribution in [3.63, 3.8) is 0 Å². The molecule has 16 heteroatoms. The van der Waals surface area contributed by atoms with Crippen molar-refractivity contribution < 1.29 is 28.9 Å². The molecule has 14 nitrogen and oxygen atoms in total. The molecular formula is C49H47ClN8O6S. The minimum absolute atomic E-state index is 0.135. The lowest BCUT2D eigenvalue weighted by Gasteiger charge is -2.15. The van der Waals surface area contributed by atoms with E-state index in [-0.39, 0.29) is 19.6 Å². The summed E-state index contributed by atoms with van der Waals surface area (Å²) in [4.78, 5) is 39.9. The van der Waals surface area contributed by atoms with Gasteiger partial charge in [0.05, 0.1) is 29.9 Å². The van der Waals surface area contributed by atoms with Crippen molar-refractivity contribution in [3.8, 4) is 28.3 Å². The summed E-state index contributed by atoms with van der Waals surface area (Å²) < 4.78 is 19.6. The predicted molar refractivity (Wildman–Crippen MR) is 249 cm³/mol. The summed E-state index contributed by atoms with van der Waals surface area (Å²) in [7, 11) is 0. The highest BCUT2D eigenvalue weighted by molar-refractivity contribution is 7.98. The Balaban J connectivity index is 0.933. The van der Waals surface area contributed by atoms with Crippen LogP contribution in [0.1, 0.15) is 77.8 Å². The van der Waals surface area contributed by atoms with Crippen LogP contribution in [0, 0.1) is 0 Å². The van der Waals surface area contributed by atoms with Gasteiger partial charge in [-0.15, -0.1) is 22.0 Å². The van der Waals surface area contributed by atoms with Gasteiger partial charge >= 0.3 is 11.9 Å². The monoisotopic (exact) mass is 910 g/mol. The number of imidazole rings is 2. The molecule has 0 saturated carbocycles. The Morgan fingerprint density at radius 2 is 1.66 bits per heavy atom. The van der Waals surface area contributed by atoms with Crippen LogP contribution in [0.25, 0.3) is 33.5 Å². The normalized spacial score (nSPS) is 12.3. The molecule has 65 heavy (non-hydrogen) atoms. The molecule has 5 aromatic carbocycles. The summed E-state index contributed by atoms with van der Waals surface area (Å²) >= 11 is 7.65. The van der Waals surface area contributed by atoms with Crippen molar-refractivity contribution in [3.05, 3.63) is 160 Å². The van der Waals surface area contributed by atoms with Crippen LogP contribution in [0.3, 0.4) is 0 Å². The molecule has 0 amide bonds. The van der Waals surface area contributed by atoms with Gasteiger partial charge in [-0.05, 0) is 95.8 Å². The second-order valence-corrected chi connectivity index (χ2v) is 16.8. The second kappa shape index (κ2) is 20.8. The van der Waals surface area contributed by atoms with Crippen molar-refractivity contribution in [2.24, 2.45) is 0 Å². The molecular weight excluding hydrogens is 864 g/mol. The van der Waals surface area contributed by atoms with E-state index in [1.165, 1.54) is 0 Å². The molecule has 0 spiro atoms. The van der Waals surface area contributed by atoms with Crippen LogP contribution in [0.2, 0.25) is 5.02 Å². The number of aromatic nitrogens is 8. The number of carbonyl (C=O) groups is 2. The summed E-state index contributed by atoms with van der Waals surface area (Å²) in [5.74, 6) is 1.64. The number of fused-ring (bicyclic) bond motifs is 1. The van der Waals surface area contributed by atoms with E-state index in [2.05, 4.69) is 56.8 Å². The summed E-state index contributed by atoms with van der Waals surface area (Å²) in [5, 5.41) is 25.0. The number of carboxylic acids is 1. The maximum absolute atomic E-state index is 13.7. The fourth-order valence-electron chi connectivity index (χ4n) is 7.51. The fraction of sp³-hybridized carbons (Fsp3) is 0.245. The molecule has 2 atom stereocenters.